The van der Waals surface area contributed by atoms with Crippen LogP contribution >= 0.6 is 0 Å². The summed E-state index contributed by atoms with van der Waals surface area (Å²) in [7, 11) is 0. The second kappa shape index (κ2) is 6.00. The van der Waals surface area contributed by atoms with Gasteiger partial charge in [0, 0.05) is 11.6 Å². The fourth-order valence-corrected chi connectivity index (χ4v) is 2.30. The number of hydrogen-bond donors (Lipinski definition) is 1. The predicted octanol–water partition coefficient (Wildman–Crippen LogP) is 4.01. The molecule has 3 heteroatoms. The highest BCUT2D eigenvalue weighted by molar-refractivity contribution is 5.94. The van der Waals surface area contributed by atoms with Gasteiger partial charge in [0.2, 0.25) is 0 Å². The smallest absolute Gasteiger partial charge is 0.251 e. The number of hydrogen-bond acceptors (Lipinski definition) is 2. The second-order valence-electron chi connectivity index (χ2n) is 5.54. The summed E-state index contributed by atoms with van der Waals surface area (Å²) in [5.74, 6) is 2.17. The van der Waals surface area contributed by atoms with E-state index in [-0.39, 0.29) is 11.9 Å². The minimum absolute atomic E-state index is 0.0133. The highest BCUT2D eigenvalue weighted by Gasteiger charge is 2.28. The lowest BCUT2D eigenvalue weighted by Crippen LogP contribution is -2.33. The molecule has 3 nitrogen and oxygen atoms in total. The molecule has 0 aromatic heterocycles. The summed E-state index contributed by atoms with van der Waals surface area (Å²) in [4.78, 5) is 12.1. The van der Waals surface area contributed by atoms with Crippen LogP contribution in [0.4, 0.5) is 0 Å². The molecule has 0 radical (unpaired) electrons. The van der Waals surface area contributed by atoms with Gasteiger partial charge in [-0.05, 0) is 62.1 Å². The molecule has 0 bridgehead atoms. The van der Waals surface area contributed by atoms with E-state index in [4.69, 9.17) is 4.74 Å². The van der Waals surface area contributed by atoms with Crippen LogP contribution in [0.1, 0.15) is 30.1 Å². The molecule has 0 spiro atoms. The number of carbonyl (C=O) groups excluding carboxylic acids is 1. The fraction of sp³-hybridized carbons (Fsp3) is 0.278. The Morgan fingerprint density at radius 3 is 2.29 bits per heavy atom. The molecule has 1 atom stereocenters. The van der Waals surface area contributed by atoms with E-state index in [1.165, 1.54) is 12.8 Å². The summed E-state index contributed by atoms with van der Waals surface area (Å²) >= 11 is 0. The van der Waals surface area contributed by atoms with Crippen molar-refractivity contribution in [2.24, 2.45) is 5.92 Å². The van der Waals surface area contributed by atoms with E-state index >= 15 is 0 Å². The molecule has 0 saturated heterocycles. The normalized spacial score (nSPS) is 15.3. The van der Waals surface area contributed by atoms with Crippen LogP contribution in [-0.4, -0.2) is 11.9 Å². The summed E-state index contributed by atoms with van der Waals surface area (Å²) in [6.45, 7) is 2.07. The van der Waals surface area contributed by atoms with Crippen LogP contribution < -0.4 is 10.1 Å². The van der Waals surface area contributed by atoms with Gasteiger partial charge in [-0.25, -0.2) is 0 Å². The lowest BCUT2D eigenvalue weighted by molar-refractivity contribution is 0.0936. The van der Waals surface area contributed by atoms with E-state index < -0.39 is 0 Å². The van der Waals surface area contributed by atoms with Crippen LogP contribution in [0.5, 0.6) is 11.5 Å². The molecular weight excluding hydrogens is 262 g/mol. The fourth-order valence-electron chi connectivity index (χ4n) is 2.30. The van der Waals surface area contributed by atoms with Crippen molar-refractivity contribution in [1.82, 2.24) is 5.32 Å². The summed E-state index contributed by atoms with van der Waals surface area (Å²) in [5.41, 5.74) is 0.669. The van der Waals surface area contributed by atoms with Crippen molar-refractivity contribution in [1.29, 1.82) is 0 Å². The van der Waals surface area contributed by atoms with Crippen LogP contribution in [0.15, 0.2) is 54.6 Å². The Morgan fingerprint density at radius 1 is 1.05 bits per heavy atom. The highest BCUT2D eigenvalue weighted by Crippen LogP contribution is 2.32. The van der Waals surface area contributed by atoms with Gasteiger partial charge in [0.05, 0.1) is 0 Å². The lowest BCUT2D eigenvalue weighted by atomic mass is 10.1. The van der Waals surface area contributed by atoms with Crippen molar-refractivity contribution in [2.75, 3.05) is 0 Å². The molecule has 108 valence electrons. The first-order chi connectivity index (χ1) is 10.2. The molecule has 1 fully saturated rings. The number of nitrogens with one attached hydrogen (secondary N) is 1. The van der Waals surface area contributed by atoms with E-state index in [0.717, 1.165) is 11.5 Å². The topological polar surface area (TPSA) is 38.3 Å². The molecule has 1 amide bonds. The molecule has 2 aromatic rings. The van der Waals surface area contributed by atoms with Gasteiger partial charge < -0.3 is 10.1 Å². The zero-order valence-corrected chi connectivity index (χ0v) is 12.1. The maximum Gasteiger partial charge on any atom is 0.251 e. The number of carbonyl (C=O) groups is 1. The molecule has 3 rings (SSSR count). The Balaban J connectivity index is 1.62. The van der Waals surface area contributed by atoms with Crippen LogP contribution in [0.2, 0.25) is 0 Å². The number of para-hydroxylation sites is 1. The van der Waals surface area contributed by atoms with Gasteiger partial charge in [-0.3, -0.25) is 4.79 Å². The third-order valence-corrected chi connectivity index (χ3v) is 3.78. The molecule has 1 aliphatic rings. The first-order valence-electron chi connectivity index (χ1n) is 7.36. The zero-order valence-electron chi connectivity index (χ0n) is 12.1. The molecular formula is C18H19NO2. The van der Waals surface area contributed by atoms with E-state index in [0.29, 0.717) is 11.5 Å². The largest absolute Gasteiger partial charge is 0.457 e. The van der Waals surface area contributed by atoms with Gasteiger partial charge >= 0.3 is 0 Å². The van der Waals surface area contributed by atoms with Crippen LogP contribution in [0.3, 0.4) is 0 Å². The SMILES string of the molecule is C[C@H](NC(=O)c1ccc(Oc2ccccc2)cc1)C1CC1. The van der Waals surface area contributed by atoms with Crippen LogP contribution in [0.25, 0.3) is 0 Å². The number of ether oxygens (including phenoxy) is 1. The van der Waals surface area contributed by atoms with Gasteiger partial charge in [0.1, 0.15) is 11.5 Å². The number of rotatable bonds is 5. The second-order valence-corrected chi connectivity index (χ2v) is 5.54. The van der Waals surface area contributed by atoms with Crippen LogP contribution in [-0.2, 0) is 0 Å². The van der Waals surface area contributed by atoms with Crippen molar-refractivity contribution in [3.8, 4) is 11.5 Å². The summed E-state index contributed by atoms with van der Waals surface area (Å²) < 4.78 is 5.71. The Morgan fingerprint density at radius 2 is 1.67 bits per heavy atom. The van der Waals surface area contributed by atoms with Crippen LogP contribution in [0, 0.1) is 5.92 Å². The van der Waals surface area contributed by atoms with Gasteiger partial charge in [0.25, 0.3) is 5.91 Å². The van der Waals surface area contributed by atoms with Gasteiger partial charge in [-0.15, -0.1) is 0 Å². The Kier molecular flexibility index (Phi) is 3.91. The third-order valence-electron chi connectivity index (χ3n) is 3.78. The van der Waals surface area contributed by atoms with Crippen molar-refractivity contribution in [3.05, 3.63) is 60.2 Å². The highest BCUT2D eigenvalue weighted by atomic mass is 16.5. The van der Waals surface area contributed by atoms with Crippen molar-refractivity contribution < 1.29 is 9.53 Å². The average Bonchev–Trinajstić information content (AvgIpc) is 3.33. The minimum atomic E-state index is -0.0133. The maximum absolute atomic E-state index is 12.1. The minimum Gasteiger partial charge on any atom is -0.457 e. The number of amides is 1. The standard InChI is InChI=1S/C18H19NO2/c1-13(14-7-8-14)19-18(20)15-9-11-17(12-10-15)21-16-5-3-2-4-6-16/h2-6,9-14H,7-8H2,1H3,(H,19,20)/t13-/m0/s1. The summed E-state index contributed by atoms with van der Waals surface area (Å²) in [6.07, 6.45) is 2.45. The molecule has 1 aliphatic carbocycles. The third kappa shape index (κ3) is 3.63. The first kappa shape index (κ1) is 13.7. The molecule has 21 heavy (non-hydrogen) atoms. The van der Waals surface area contributed by atoms with Crippen molar-refractivity contribution in [3.63, 3.8) is 0 Å². The Bertz CT molecular complexity index is 603. The van der Waals surface area contributed by atoms with E-state index in [1.807, 2.05) is 42.5 Å². The van der Waals surface area contributed by atoms with E-state index in [2.05, 4.69) is 12.2 Å². The average molecular weight is 281 g/mol. The molecule has 0 heterocycles. The summed E-state index contributed by atoms with van der Waals surface area (Å²) in [5, 5.41) is 3.05. The van der Waals surface area contributed by atoms with E-state index in [1.54, 1.807) is 12.1 Å². The predicted molar refractivity (Wildman–Crippen MR) is 82.6 cm³/mol. The van der Waals surface area contributed by atoms with E-state index in [9.17, 15) is 4.79 Å². The lowest BCUT2D eigenvalue weighted by Gasteiger charge is -2.13. The Hall–Kier alpha value is -2.29. The van der Waals surface area contributed by atoms with Crippen molar-refractivity contribution in [2.45, 2.75) is 25.8 Å². The Labute approximate surface area is 124 Å². The molecule has 2 aromatic carbocycles. The molecule has 1 saturated carbocycles. The molecule has 0 aliphatic heterocycles. The maximum atomic E-state index is 12.1. The summed E-state index contributed by atoms with van der Waals surface area (Å²) in [6, 6.07) is 17.1. The number of benzene rings is 2. The van der Waals surface area contributed by atoms with Crippen molar-refractivity contribution >= 4 is 5.91 Å². The monoisotopic (exact) mass is 281 g/mol. The zero-order chi connectivity index (χ0) is 14.7. The van der Waals surface area contributed by atoms with Gasteiger partial charge in [-0.1, -0.05) is 18.2 Å². The molecule has 1 N–H and O–H groups in total. The first-order valence-corrected chi connectivity index (χ1v) is 7.36. The quantitative estimate of drug-likeness (QED) is 0.899. The molecule has 0 unspecified atom stereocenters. The van der Waals surface area contributed by atoms with Gasteiger partial charge in [-0.2, -0.15) is 0 Å². The van der Waals surface area contributed by atoms with Gasteiger partial charge in [0.15, 0.2) is 0 Å².